The number of furan rings is 1. The first-order chi connectivity index (χ1) is 9.52. The molecule has 0 aliphatic carbocycles. The largest absolute Gasteiger partial charge is 0.496 e. The highest BCUT2D eigenvalue weighted by atomic mass is 16.5. The smallest absolute Gasteiger partial charge is 0.339 e. The highest BCUT2D eigenvalue weighted by Crippen LogP contribution is 2.24. The fourth-order valence-electron chi connectivity index (χ4n) is 1.76. The Kier molecular flexibility index (Phi) is 3.74. The topological polar surface area (TPSA) is 88.8 Å². The Morgan fingerprint density at radius 2 is 2.00 bits per heavy atom. The number of anilines is 1. The average Bonchev–Trinajstić information content (AvgIpc) is 2.84. The van der Waals surface area contributed by atoms with Crippen LogP contribution < -0.4 is 10.1 Å². The third-order valence-corrected chi connectivity index (χ3v) is 2.79. The third-order valence-electron chi connectivity index (χ3n) is 2.79. The van der Waals surface area contributed by atoms with E-state index in [1.165, 1.54) is 31.6 Å². The molecule has 0 saturated carbocycles. The van der Waals surface area contributed by atoms with Gasteiger partial charge in [-0.05, 0) is 25.1 Å². The van der Waals surface area contributed by atoms with E-state index in [0.717, 1.165) is 0 Å². The molecule has 6 nitrogen and oxygen atoms in total. The second kappa shape index (κ2) is 5.48. The molecule has 0 aliphatic heterocycles. The lowest BCUT2D eigenvalue weighted by Gasteiger charge is -2.09. The minimum absolute atomic E-state index is 0.0324. The van der Waals surface area contributed by atoms with Gasteiger partial charge in [-0.1, -0.05) is 0 Å². The van der Waals surface area contributed by atoms with Crippen LogP contribution in [0.1, 0.15) is 26.5 Å². The summed E-state index contributed by atoms with van der Waals surface area (Å²) < 4.78 is 10.0. The van der Waals surface area contributed by atoms with E-state index < -0.39 is 5.97 Å². The molecule has 2 rings (SSSR count). The number of carbonyl (C=O) groups is 2. The molecule has 6 heteroatoms. The van der Waals surface area contributed by atoms with E-state index in [1.807, 2.05) is 0 Å². The number of amides is 1. The lowest BCUT2D eigenvalue weighted by molar-refractivity contribution is 0.0693. The predicted molar refractivity (Wildman–Crippen MR) is 71.4 cm³/mol. The van der Waals surface area contributed by atoms with Crippen molar-refractivity contribution in [3.8, 4) is 5.75 Å². The first-order valence-electron chi connectivity index (χ1n) is 5.79. The predicted octanol–water partition coefficient (Wildman–Crippen LogP) is 2.55. The molecule has 1 aromatic heterocycles. The molecular weight excluding hydrogens is 262 g/mol. The van der Waals surface area contributed by atoms with Gasteiger partial charge in [0.1, 0.15) is 17.1 Å². The molecule has 1 heterocycles. The highest BCUT2D eigenvalue weighted by Gasteiger charge is 2.14. The SMILES string of the molecule is COc1cc(NC(=O)c2ccoc2C)ccc1C(=O)O. The van der Waals surface area contributed by atoms with Crippen molar-refractivity contribution in [2.75, 3.05) is 12.4 Å². The van der Waals surface area contributed by atoms with Crippen molar-refractivity contribution in [2.45, 2.75) is 6.92 Å². The Morgan fingerprint density at radius 1 is 1.25 bits per heavy atom. The van der Waals surface area contributed by atoms with Crippen molar-refractivity contribution >= 4 is 17.6 Å². The summed E-state index contributed by atoms with van der Waals surface area (Å²) in [6.45, 7) is 1.68. The van der Waals surface area contributed by atoms with Crippen molar-refractivity contribution in [1.29, 1.82) is 0 Å². The van der Waals surface area contributed by atoms with Crippen LogP contribution in [0, 0.1) is 6.92 Å². The minimum atomic E-state index is -1.09. The van der Waals surface area contributed by atoms with Crippen molar-refractivity contribution in [3.05, 3.63) is 47.4 Å². The van der Waals surface area contributed by atoms with Crippen molar-refractivity contribution < 1.29 is 23.8 Å². The Hall–Kier alpha value is -2.76. The normalized spacial score (nSPS) is 10.1. The van der Waals surface area contributed by atoms with Crippen molar-refractivity contribution in [3.63, 3.8) is 0 Å². The molecule has 0 fully saturated rings. The fourth-order valence-corrected chi connectivity index (χ4v) is 1.76. The Morgan fingerprint density at radius 3 is 2.55 bits per heavy atom. The molecule has 0 unspecified atom stereocenters. The third kappa shape index (κ3) is 2.64. The number of ether oxygens (including phenoxy) is 1. The Bertz CT molecular complexity index is 659. The average molecular weight is 275 g/mol. The summed E-state index contributed by atoms with van der Waals surface area (Å²) in [5.41, 5.74) is 0.897. The monoisotopic (exact) mass is 275 g/mol. The zero-order valence-corrected chi connectivity index (χ0v) is 11.0. The number of aromatic carboxylic acids is 1. The molecule has 0 radical (unpaired) electrons. The zero-order chi connectivity index (χ0) is 14.7. The highest BCUT2D eigenvalue weighted by molar-refractivity contribution is 6.05. The van der Waals surface area contributed by atoms with Crippen LogP contribution in [-0.4, -0.2) is 24.1 Å². The second-order valence-corrected chi connectivity index (χ2v) is 4.06. The lowest BCUT2D eigenvalue weighted by Crippen LogP contribution is -2.12. The summed E-state index contributed by atoms with van der Waals surface area (Å²) in [4.78, 5) is 23.0. The zero-order valence-electron chi connectivity index (χ0n) is 11.0. The number of nitrogens with one attached hydrogen (secondary N) is 1. The first kappa shape index (κ1) is 13.7. The van der Waals surface area contributed by atoms with Crippen LogP contribution >= 0.6 is 0 Å². The van der Waals surface area contributed by atoms with Gasteiger partial charge in [0, 0.05) is 11.8 Å². The molecule has 2 N–H and O–H groups in total. The Balaban J connectivity index is 2.24. The molecule has 0 atom stereocenters. The molecule has 1 aromatic carbocycles. The lowest BCUT2D eigenvalue weighted by atomic mass is 10.1. The standard InChI is InChI=1S/C14H13NO5/c1-8-10(5-6-20-8)13(16)15-9-3-4-11(14(17)18)12(7-9)19-2/h3-7H,1-2H3,(H,15,16)(H,17,18). The van der Waals surface area contributed by atoms with Crippen LogP contribution in [-0.2, 0) is 0 Å². The molecule has 0 saturated heterocycles. The summed E-state index contributed by atoms with van der Waals surface area (Å²) in [6, 6.07) is 5.89. The van der Waals surface area contributed by atoms with Crippen LogP contribution in [0.4, 0.5) is 5.69 Å². The molecule has 104 valence electrons. The maximum Gasteiger partial charge on any atom is 0.339 e. The molecule has 20 heavy (non-hydrogen) atoms. The maximum atomic E-state index is 12.0. The van der Waals surface area contributed by atoms with Gasteiger partial charge in [0.05, 0.1) is 18.9 Å². The number of carboxylic acids is 1. The number of methoxy groups -OCH3 is 1. The molecule has 0 spiro atoms. The van der Waals surface area contributed by atoms with E-state index in [0.29, 0.717) is 17.0 Å². The summed E-state index contributed by atoms with van der Waals surface area (Å²) in [5, 5.41) is 11.6. The summed E-state index contributed by atoms with van der Waals surface area (Å²) in [7, 11) is 1.37. The molecular formula is C14H13NO5. The number of aryl methyl sites for hydroxylation is 1. The van der Waals surface area contributed by atoms with Gasteiger partial charge in [-0.15, -0.1) is 0 Å². The van der Waals surface area contributed by atoms with Crippen LogP contribution in [0.15, 0.2) is 34.9 Å². The van der Waals surface area contributed by atoms with Gasteiger partial charge in [-0.2, -0.15) is 0 Å². The van der Waals surface area contributed by atoms with E-state index in [1.54, 1.807) is 13.0 Å². The van der Waals surface area contributed by atoms with Crippen LogP contribution in [0.25, 0.3) is 0 Å². The molecule has 0 aliphatic rings. The van der Waals surface area contributed by atoms with Gasteiger partial charge in [0.25, 0.3) is 5.91 Å². The van der Waals surface area contributed by atoms with Gasteiger partial charge < -0.3 is 19.6 Å². The summed E-state index contributed by atoms with van der Waals surface area (Å²) >= 11 is 0. The number of rotatable bonds is 4. The van der Waals surface area contributed by atoms with E-state index >= 15 is 0 Å². The molecule has 0 bridgehead atoms. The summed E-state index contributed by atoms with van der Waals surface area (Å²) in [6.07, 6.45) is 1.43. The van der Waals surface area contributed by atoms with Gasteiger partial charge in [-0.3, -0.25) is 4.79 Å². The van der Waals surface area contributed by atoms with E-state index in [4.69, 9.17) is 14.3 Å². The quantitative estimate of drug-likeness (QED) is 0.895. The van der Waals surface area contributed by atoms with Crippen LogP contribution in [0.3, 0.4) is 0 Å². The van der Waals surface area contributed by atoms with E-state index in [-0.39, 0.29) is 17.2 Å². The first-order valence-corrected chi connectivity index (χ1v) is 5.79. The van der Waals surface area contributed by atoms with Crippen molar-refractivity contribution in [1.82, 2.24) is 0 Å². The van der Waals surface area contributed by atoms with E-state index in [2.05, 4.69) is 5.32 Å². The van der Waals surface area contributed by atoms with Crippen LogP contribution in [0.5, 0.6) is 5.75 Å². The summed E-state index contributed by atoms with van der Waals surface area (Å²) in [5.74, 6) is -0.734. The minimum Gasteiger partial charge on any atom is -0.496 e. The van der Waals surface area contributed by atoms with E-state index in [9.17, 15) is 9.59 Å². The van der Waals surface area contributed by atoms with Gasteiger partial charge >= 0.3 is 5.97 Å². The number of hydrogen-bond acceptors (Lipinski definition) is 4. The molecule has 2 aromatic rings. The number of carbonyl (C=O) groups excluding carboxylic acids is 1. The fraction of sp³-hybridized carbons (Fsp3) is 0.143. The Labute approximate surface area is 115 Å². The second-order valence-electron chi connectivity index (χ2n) is 4.06. The van der Waals surface area contributed by atoms with Gasteiger partial charge in [0.2, 0.25) is 0 Å². The van der Waals surface area contributed by atoms with Crippen molar-refractivity contribution in [2.24, 2.45) is 0 Å². The van der Waals surface area contributed by atoms with Crippen LogP contribution in [0.2, 0.25) is 0 Å². The molecule has 1 amide bonds. The van der Waals surface area contributed by atoms with Gasteiger partial charge in [-0.25, -0.2) is 4.79 Å². The number of hydrogen-bond donors (Lipinski definition) is 2. The number of carboxylic acid groups (broad SMARTS) is 1. The number of benzene rings is 1. The maximum absolute atomic E-state index is 12.0. The van der Waals surface area contributed by atoms with Gasteiger partial charge in [0.15, 0.2) is 0 Å².